The van der Waals surface area contributed by atoms with Gasteiger partial charge in [0, 0.05) is 38.5 Å². The molecule has 1 aromatic rings. The van der Waals surface area contributed by atoms with E-state index in [9.17, 15) is 19.2 Å². The first-order chi connectivity index (χ1) is 12.9. The number of piperidine rings is 1. The van der Waals surface area contributed by atoms with Crippen LogP contribution in [-0.4, -0.2) is 59.1 Å². The highest BCUT2D eigenvalue weighted by molar-refractivity contribution is 6.21. The summed E-state index contributed by atoms with van der Waals surface area (Å²) in [5.41, 5.74) is 1.73. The van der Waals surface area contributed by atoms with Crippen LogP contribution in [0, 0.1) is 6.92 Å². The summed E-state index contributed by atoms with van der Waals surface area (Å²) in [5, 5.41) is 2.93. The SMILES string of the molecule is CCC(=O)NC1CCCN(C(=O)CCN2C(=O)c3ccc(C)cc3C2=O)C1. The molecule has 2 aliphatic rings. The van der Waals surface area contributed by atoms with E-state index in [1.54, 1.807) is 30.0 Å². The summed E-state index contributed by atoms with van der Waals surface area (Å²) < 4.78 is 0. The van der Waals surface area contributed by atoms with Gasteiger partial charge in [-0.3, -0.25) is 24.1 Å². The van der Waals surface area contributed by atoms with Crippen molar-refractivity contribution in [2.75, 3.05) is 19.6 Å². The molecule has 1 N–H and O–H groups in total. The van der Waals surface area contributed by atoms with Gasteiger partial charge in [0.15, 0.2) is 0 Å². The Balaban J connectivity index is 1.57. The van der Waals surface area contributed by atoms with Crippen LogP contribution in [-0.2, 0) is 9.59 Å². The highest BCUT2D eigenvalue weighted by atomic mass is 16.2. The van der Waals surface area contributed by atoms with E-state index in [0.29, 0.717) is 30.6 Å². The summed E-state index contributed by atoms with van der Waals surface area (Å²) in [6.45, 7) is 4.86. The lowest BCUT2D eigenvalue weighted by Crippen LogP contribution is -2.50. The molecule has 1 saturated heterocycles. The van der Waals surface area contributed by atoms with Crippen molar-refractivity contribution >= 4 is 23.6 Å². The van der Waals surface area contributed by atoms with E-state index in [2.05, 4.69) is 5.32 Å². The van der Waals surface area contributed by atoms with Gasteiger partial charge in [-0.2, -0.15) is 0 Å². The van der Waals surface area contributed by atoms with Crippen molar-refractivity contribution in [2.45, 2.75) is 45.6 Å². The van der Waals surface area contributed by atoms with E-state index in [1.807, 2.05) is 6.92 Å². The van der Waals surface area contributed by atoms with Gasteiger partial charge in [-0.25, -0.2) is 0 Å². The Morgan fingerprint density at radius 1 is 1.19 bits per heavy atom. The lowest BCUT2D eigenvalue weighted by Gasteiger charge is -2.33. The Morgan fingerprint density at radius 3 is 2.67 bits per heavy atom. The number of amides is 4. The van der Waals surface area contributed by atoms with Gasteiger partial charge in [0.2, 0.25) is 11.8 Å². The second-order valence-electron chi connectivity index (χ2n) is 7.16. The van der Waals surface area contributed by atoms with Crippen LogP contribution < -0.4 is 5.32 Å². The predicted molar refractivity (Wildman–Crippen MR) is 99.2 cm³/mol. The van der Waals surface area contributed by atoms with Crippen LogP contribution in [0.25, 0.3) is 0 Å². The monoisotopic (exact) mass is 371 g/mol. The topological polar surface area (TPSA) is 86.8 Å². The standard InChI is InChI=1S/C20H25N3O4/c1-3-17(24)21-14-5-4-9-22(12-14)18(25)8-10-23-19(26)15-7-6-13(2)11-16(15)20(23)27/h6-7,11,14H,3-5,8-10,12H2,1-2H3,(H,21,24). The molecular weight excluding hydrogens is 346 g/mol. The second-order valence-corrected chi connectivity index (χ2v) is 7.16. The van der Waals surface area contributed by atoms with Crippen LogP contribution in [0.2, 0.25) is 0 Å². The summed E-state index contributed by atoms with van der Waals surface area (Å²) in [6.07, 6.45) is 2.20. The lowest BCUT2D eigenvalue weighted by molar-refractivity contribution is -0.133. The van der Waals surface area contributed by atoms with Crippen molar-refractivity contribution in [3.8, 4) is 0 Å². The number of nitrogens with zero attached hydrogens (tertiary/aromatic N) is 2. The number of carbonyl (C=O) groups excluding carboxylic acids is 4. The molecule has 144 valence electrons. The van der Waals surface area contributed by atoms with Crippen LogP contribution in [0.5, 0.6) is 0 Å². The third-order valence-electron chi connectivity index (χ3n) is 5.14. The van der Waals surface area contributed by atoms with Crippen molar-refractivity contribution in [3.63, 3.8) is 0 Å². The summed E-state index contributed by atoms with van der Waals surface area (Å²) in [6, 6.07) is 5.15. The van der Waals surface area contributed by atoms with E-state index in [4.69, 9.17) is 0 Å². The molecule has 1 atom stereocenters. The molecule has 3 rings (SSSR count). The molecule has 0 aliphatic carbocycles. The second kappa shape index (κ2) is 7.90. The maximum absolute atomic E-state index is 12.6. The van der Waals surface area contributed by atoms with Crippen LogP contribution >= 0.6 is 0 Å². The normalized spacial score (nSPS) is 19.3. The molecule has 2 aliphatic heterocycles. The first-order valence-corrected chi connectivity index (χ1v) is 9.44. The molecule has 27 heavy (non-hydrogen) atoms. The molecule has 0 saturated carbocycles. The van der Waals surface area contributed by atoms with Crippen LogP contribution in [0.1, 0.15) is 58.9 Å². The highest BCUT2D eigenvalue weighted by Crippen LogP contribution is 2.24. The van der Waals surface area contributed by atoms with Gasteiger partial charge in [-0.15, -0.1) is 0 Å². The molecular formula is C20H25N3O4. The molecule has 1 unspecified atom stereocenters. The third-order valence-corrected chi connectivity index (χ3v) is 5.14. The molecule has 7 heteroatoms. The highest BCUT2D eigenvalue weighted by Gasteiger charge is 2.36. The van der Waals surface area contributed by atoms with E-state index >= 15 is 0 Å². The average molecular weight is 371 g/mol. The van der Waals surface area contributed by atoms with Gasteiger partial charge in [0.05, 0.1) is 11.1 Å². The minimum absolute atomic E-state index is 0.0179. The van der Waals surface area contributed by atoms with Gasteiger partial charge >= 0.3 is 0 Å². The van der Waals surface area contributed by atoms with Crippen LogP contribution in [0.15, 0.2) is 18.2 Å². The third kappa shape index (κ3) is 4.02. The zero-order chi connectivity index (χ0) is 19.6. The molecule has 2 heterocycles. The molecule has 1 aromatic carbocycles. The number of aryl methyl sites for hydroxylation is 1. The fourth-order valence-electron chi connectivity index (χ4n) is 3.62. The first-order valence-electron chi connectivity index (χ1n) is 9.44. The smallest absolute Gasteiger partial charge is 0.261 e. The Kier molecular flexibility index (Phi) is 5.58. The molecule has 0 aromatic heterocycles. The van der Waals surface area contributed by atoms with Gasteiger partial charge in [0.25, 0.3) is 11.8 Å². The number of nitrogens with one attached hydrogen (secondary N) is 1. The van der Waals surface area contributed by atoms with E-state index < -0.39 is 0 Å². The summed E-state index contributed by atoms with van der Waals surface area (Å²) in [4.78, 5) is 51.9. The predicted octanol–water partition coefficient (Wildman–Crippen LogP) is 1.50. The van der Waals surface area contributed by atoms with Crippen molar-refractivity contribution in [1.29, 1.82) is 0 Å². The van der Waals surface area contributed by atoms with E-state index in [0.717, 1.165) is 23.3 Å². The number of likely N-dealkylation sites (tertiary alicyclic amines) is 1. The first kappa shape index (κ1) is 19.1. The average Bonchev–Trinajstić information content (AvgIpc) is 2.89. The van der Waals surface area contributed by atoms with Gasteiger partial charge in [-0.1, -0.05) is 18.6 Å². The largest absolute Gasteiger partial charge is 0.352 e. The minimum Gasteiger partial charge on any atom is -0.352 e. The Bertz CT molecular complexity index is 789. The van der Waals surface area contributed by atoms with Crippen molar-refractivity contribution in [1.82, 2.24) is 15.1 Å². The lowest BCUT2D eigenvalue weighted by atomic mass is 10.0. The Morgan fingerprint density at radius 2 is 1.93 bits per heavy atom. The summed E-state index contributed by atoms with van der Waals surface area (Å²) >= 11 is 0. The van der Waals surface area contributed by atoms with E-state index in [1.165, 1.54) is 0 Å². The zero-order valence-electron chi connectivity index (χ0n) is 15.8. The maximum Gasteiger partial charge on any atom is 0.261 e. The fourth-order valence-corrected chi connectivity index (χ4v) is 3.62. The number of benzene rings is 1. The number of hydrogen-bond donors (Lipinski definition) is 1. The molecule has 0 radical (unpaired) electrons. The molecule has 0 bridgehead atoms. The Labute approximate surface area is 158 Å². The van der Waals surface area contributed by atoms with Crippen LogP contribution in [0.4, 0.5) is 0 Å². The van der Waals surface area contributed by atoms with Crippen molar-refractivity contribution in [2.24, 2.45) is 0 Å². The molecule has 0 spiro atoms. The molecule has 4 amide bonds. The number of imide groups is 1. The van der Waals surface area contributed by atoms with Gasteiger partial charge < -0.3 is 10.2 Å². The number of rotatable bonds is 5. The van der Waals surface area contributed by atoms with Crippen molar-refractivity contribution in [3.05, 3.63) is 34.9 Å². The number of carbonyl (C=O) groups is 4. The van der Waals surface area contributed by atoms with Gasteiger partial charge in [0.1, 0.15) is 0 Å². The van der Waals surface area contributed by atoms with Gasteiger partial charge in [-0.05, 0) is 31.9 Å². The quantitative estimate of drug-likeness (QED) is 0.795. The minimum atomic E-state index is -0.338. The van der Waals surface area contributed by atoms with Crippen LogP contribution in [0.3, 0.4) is 0 Å². The maximum atomic E-state index is 12.6. The zero-order valence-corrected chi connectivity index (χ0v) is 15.8. The fraction of sp³-hybridized carbons (Fsp3) is 0.500. The van der Waals surface area contributed by atoms with Crippen molar-refractivity contribution < 1.29 is 19.2 Å². The van der Waals surface area contributed by atoms with E-state index in [-0.39, 0.29) is 42.6 Å². The summed E-state index contributed by atoms with van der Waals surface area (Å²) in [5.74, 6) is -0.790. The summed E-state index contributed by atoms with van der Waals surface area (Å²) in [7, 11) is 0. The Hall–Kier alpha value is -2.70. The number of fused-ring (bicyclic) bond motifs is 1. The molecule has 1 fully saturated rings. The number of hydrogen-bond acceptors (Lipinski definition) is 4. The molecule has 7 nitrogen and oxygen atoms in total.